The van der Waals surface area contributed by atoms with E-state index in [0.717, 1.165) is 26.2 Å². The summed E-state index contributed by atoms with van der Waals surface area (Å²) in [6.45, 7) is 9.86. The van der Waals surface area contributed by atoms with E-state index >= 15 is 0 Å². The summed E-state index contributed by atoms with van der Waals surface area (Å²) < 4.78 is 0. The van der Waals surface area contributed by atoms with Gasteiger partial charge in [0.1, 0.15) is 0 Å². The Morgan fingerprint density at radius 3 is 1.74 bits per heavy atom. The number of hydrogen-bond acceptors (Lipinski definition) is 4. The first-order valence-corrected chi connectivity index (χ1v) is 7.63. The molecular formula is C14H27N3O2. The second-order valence-corrected chi connectivity index (χ2v) is 5.73. The summed E-state index contributed by atoms with van der Waals surface area (Å²) in [5.74, 6) is -0.687. The molecule has 2 fully saturated rings. The van der Waals surface area contributed by atoms with Gasteiger partial charge < -0.3 is 14.9 Å². The Morgan fingerprint density at radius 2 is 1.21 bits per heavy atom. The van der Waals surface area contributed by atoms with Crippen LogP contribution in [0.4, 0.5) is 0 Å². The number of likely N-dealkylation sites (tertiary alicyclic amines) is 1. The van der Waals surface area contributed by atoms with Gasteiger partial charge in [-0.25, -0.2) is 0 Å². The topological polar surface area (TPSA) is 47.0 Å². The van der Waals surface area contributed by atoms with E-state index in [1.54, 1.807) is 0 Å². The van der Waals surface area contributed by atoms with Crippen LogP contribution in [0, 0.1) is 0 Å². The van der Waals surface area contributed by atoms with E-state index in [1.165, 1.54) is 45.4 Å². The first-order valence-electron chi connectivity index (χ1n) is 7.63. The van der Waals surface area contributed by atoms with E-state index in [1.807, 2.05) is 0 Å². The molecular weight excluding hydrogens is 242 g/mol. The van der Waals surface area contributed by atoms with Crippen LogP contribution in [0.3, 0.4) is 0 Å². The molecule has 110 valence electrons. The van der Waals surface area contributed by atoms with Gasteiger partial charge in [-0.05, 0) is 25.9 Å². The van der Waals surface area contributed by atoms with Gasteiger partial charge in [0.2, 0.25) is 0 Å². The number of carboxylic acid groups (broad SMARTS) is 1. The third-order valence-corrected chi connectivity index (χ3v) is 4.29. The molecule has 2 aliphatic rings. The Bertz CT molecular complexity index is 272. The summed E-state index contributed by atoms with van der Waals surface area (Å²) >= 11 is 0. The van der Waals surface area contributed by atoms with Crippen LogP contribution in [0.1, 0.15) is 25.7 Å². The molecule has 5 nitrogen and oxygen atoms in total. The molecule has 0 aromatic heterocycles. The summed E-state index contributed by atoms with van der Waals surface area (Å²) in [4.78, 5) is 17.9. The molecule has 5 heteroatoms. The average Bonchev–Trinajstić information content (AvgIpc) is 2.45. The van der Waals surface area contributed by atoms with Crippen molar-refractivity contribution < 1.29 is 9.90 Å². The van der Waals surface area contributed by atoms with Crippen LogP contribution in [-0.4, -0.2) is 84.7 Å². The third-order valence-electron chi connectivity index (χ3n) is 4.29. The van der Waals surface area contributed by atoms with Crippen LogP contribution in [0.15, 0.2) is 0 Å². The van der Waals surface area contributed by atoms with Gasteiger partial charge in [0, 0.05) is 45.8 Å². The Kier molecular flexibility index (Phi) is 6.07. The lowest BCUT2D eigenvalue weighted by Crippen LogP contribution is -2.49. The van der Waals surface area contributed by atoms with Gasteiger partial charge in [-0.1, -0.05) is 6.42 Å². The molecule has 0 amide bonds. The Hall–Kier alpha value is -0.650. The van der Waals surface area contributed by atoms with Gasteiger partial charge >= 0.3 is 5.97 Å². The standard InChI is InChI=1S/C14H27N3O2/c18-14(19)4-7-16-9-12-17(13-10-16)11-8-15-5-2-1-3-6-15/h1-13H2,(H,18,19). The van der Waals surface area contributed by atoms with Crippen molar-refractivity contribution in [3.8, 4) is 0 Å². The minimum atomic E-state index is -0.687. The maximum Gasteiger partial charge on any atom is 0.304 e. The molecule has 0 atom stereocenters. The normalized spacial score (nSPS) is 23.6. The van der Waals surface area contributed by atoms with Crippen molar-refractivity contribution in [1.82, 2.24) is 14.7 Å². The number of carbonyl (C=O) groups is 1. The molecule has 2 rings (SSSR count). The average molecular weight is 269 g/mol. The van der Waals surface area contributed by atoms with Gasteiger partial charge in [0.05, 0.1) is 6.42 Å². The van der Waals surface area contributed by atoms with Crippen molar-refractivity contribution in [3.05, 3.63) is 0 Å². The van der Waals surface area contributed by atoms with Crippen LogP contribution in [-0.2, 0) is 4.79 Å². The van der Waals surface area contributed by atoms with Gasteiger partial charge in [-0.3, -0.25) is 9.69 Å². The van der Waals surface area contributed by atoms with Gasteiger partial charge in [-0.2, -0.15) is 0 Å². The summed E-state index contributed by atoms with van der Waals surface area (Å²) in [5, 5.41) is 8.68. The van der Waals surface area contributed by atoms with E-state index in [4.69, 9.17) is 5.11 Å². The summed E-state index contributed by atoms with van der Waals surface area (Å²) in [6, 6.07) is 0. The fourth-order valence-corrected chi connectivity index (χ4v) is 2.96. The molecule has 0 bridgehead atoms. The molecule has 0 aromatic carbocycles. The minimum Gasteiger partial charge on any atom is -0.481 e. The fraction of sp³-hybridized carbons (Fsp3) is 0.929. The number of nitrogens with zero attached hydrogens (tertiary/aromatic N) is 3. The largest absolute Gasteiger partial charge is 0.481 e. The zero-order chi connectivity index (χ0) is 13.5. The van der Waals surface area contributed by atoms with Crippen molar-refractivity contribution in [2.24, 2.45) is 0 Å². The van der Waals surface area contributed by atoms with Crippen LogP contribution < -0.4 is 0 Å². The quantitative estimate of drug-likeness (QED) is 0.764. The smallest absolute Gasteiger partial charge is 0.304 e. The van der Waals surface area contributed by atoms with Crippen LogP contribution in [0.2, 0.25) is 0 Å². The summed E-state index contributed by atoms with van der Waals surface area (Å²) in [7, 11) is 0. The highest BCUT2D eigenvalue weighted by molar-refractivity contribution is 5.66. The first kappa shape index (κ1) is 14.8. The maximum atomic E-state index is 10.5. The highest BCUT2D eigenvalue weighted by Crippen LogP contribution is 2.09. The number of carboxylic acids is 1. The number of hydrogen-bond donors (Lipinski definition) is 1. The van der Waals surface area contributed by atoms with E-state index in [-0.39, 0.29) is 6.42 Å². The van der Waals surface area contributed by atoms with Gasteiger partial charge in [0.15, 0.2) is 0 Å². The molecule has 19 heavy (non-hydrogen) atoms. The van der Waals surface area contributed by atoms with Crippen LogP contribution >= 0.6 is 0 Å². The lowest BCUT2D eigenvalue weighted by Gasteiger charge is -2.36. The zero-order valence-corrected chi connectivity index (χ0v) is 11.9. The Balaban J connectivity index is 1.56. The third kappa shape index (κ3) is 5.47. The van der Waals surface area contributed by atoms with E-state index in [9.17, 15) is 4.79 Å². The predicted octanol–water partition coefficient (Wildman–Crippen LogP) is 0.565. The lowest BCUT2D eigenvalue weighted by atomic mass is 10.1. The van der Waals surface area contributed by atoms with E-state index in [0.29, 0.717) is 6.54 Å². The minimum absolute atomic E-state index is 0.272. The highest BCUT2D eigenvalue weighted by atomic mass is 16.4. The second kappa shape index (κ2) is 7.82. The van der Waals surface area contributed by atoms with Crippen molar-refractivity contribution in [1.29, 1.82) is 0 Å². The maximum absolute atomic E-state index is 10.5. The Labute approximate surface area is 116 Å². The van der Waals surface area contributed by atoms with Crippen molar-refractivity contribution in [3.63, 3.8) is 0 Å². The van der Waals surface area contributed by atoms with Gasteiger partial charge in [-0.15, -0.1) is 0 Å². The highest BCUT2D eigenvalue weighted by Gasteiger charge is 2.18. The molecule has 0 unspecified atom stereocenters. The SMILES string of the molecule is O=C(O)CCN1CCN(CCN2CCCCC2)CC1. The van der Waals surface area contributed by atoms with E-state index < -0.39 is 5.97 Å². The number of piperidine rings is 1. The molecule has 0 radical (unpaired) electrons. The van der Waals surface area contributed by atoms with Crippen LogP contribution in [0.5, 0.6) is 0 Å². The number of rotatable bonds is 6. The molecule has 2 aliphatic heterocycles. The number of piperazine rings is 1. The monoisotopic (exact) mass is 269 g/mol. The first-order chi connectivity index (χ1) is 9.24. The van der Waals surface area contributed by atoms with Crippen LogP contribution in [0.25, 0.3) is 0 Å². The summed E-state index contributed by atoms with van der Waals surface area (Å²) in [6.07, 6.45) is 4.40. The summed E-state index contributed by atoms with van der Waals surface area (Å²) in [5.41, 5.74) is 0. The zero-order valence-electron chi connectivity index (χ0n) is 11.9. The van der Waals surface area contributed by atoms with Crippen molar-refractivity contribution >= 4 is 5.97 Å². The van der Waals surface area contributed by atoms with E-state index in [2.05, 4.69) is 14.7 Å². The van der Waals surface area contributed by atoms with Crippen molar-refractivity contribution in [2.75, 3.05) is 58.9 Å². The molecule has 0 aliphatic carbocycles. The molecule has 1 N–H and O–H groups in total. The number of aliphatic carboxylic acids is 1. The molecule has 0 saturated carbocycles. The Morgan fingerprint density at radius 1 is 0.737 bits per heavy atom. The molecule has 2 saturated heterocycles. The predicted molar refractivity (Wildman–Crippen MR) is 75.4 cm³/mol. The lowest BCUT2D eigenvalue weighted by molar-refractivity contribution is -0.137. The molecule has 2 heterocycles. The molecule has 0 spiro atoms. The van der Waals surface area contributed by atoms with Gasteiger partial charge in [0.25, 0.3) is 0 Å². The second-order valence-electron chi connectivity index (χ2n) is 5.73. The fourth-order valence-electron chi connectivity index (χ4n) is 2.96. The molecule has 0 aromatic rings. The van der Waals surface area contributed by atoms with Crippen molar-refractivity contribution in [2.45, 2.75) is 25.7 Å².